The van der Waals surface area contributed by atoms with E-state index in [1.807, 2.05) is 0 Å². The summed E-state index contributed by atoms with van der Waals surface area (Å²) in [5, 5.41) is 2.42. The van der Waals surface area contributed by atoms with Crippen molar-refractivity contribution in [1.82, 2.24) is 0 Å². The molecule has 1 amide bonds. The Morgan fingerprint density at radius 2 is 2.07 bits per heavy atom. The van der Waals surface area contributed by atoms with Crippen molar-refractivity contribution in [3.63, 3.8) is 0 Å². The lowest BCUT2D eigenvalue weighted by Crippen LogP contribution is -2.18. The van der Waals surface area contributed by atoms with E-state index in [1.54, 1.807) is 0 Å². The van der Waals surface area contributed by atoms with Gasteiger partial charge in [-0.3, -0.25) is 5.32 Å². The number of anilines is 1. The Bertz CT molecular complexity index is 300. The smallest absolute Gasteiger partial charge is 0.411 e. The number of amides is 1. The van der Waals surface area contributed by atoms with Crippen molar-refractivity contribution >= 4 is 11.8 Å². The topological polar surface area (TPSA) is 64.3 Å². The van der Waals surface area contributed by atoms with Crippen LogP contribution in [0.3, 0.4) is 0 Å². The third-order valence-electron chi connectivity index (χ3n) is 1.44. The van der Waals surface area contributed by atoms with Crippen LogP contribution < -0.4 is 11.1 Å². The van der Waals surface area contributed by atoms with Crippen LogP contribution in [0.1, 0.15) is 0 Å². The van der Waals surface area contributed by atoms with Gasteiger partial charge in [-0.15, -0.1) is 0 Å². The number of benzene rings is 1. The SMILES string of the molecule is NCCOC(=O)Nc1ccc(F)cc1. The molecule has 3 N–H and O–H groups in total. The van der Waals surface area contributed by atoms with Gasteiger partial charge in [-0.1, -0.05) is 0 Å². The van der Waals surface area contributed by atoms with Crippen molar-refractivity contribution in [2.24, 2.45) is 5.73 Å². The summed E-state index contributed by atoms with van der Waals surface area (Å²) in [6, 6.07) is 5.38. The van der Waals surface area contributed by atoms with Crippen LogP contribution in [0.5, 0.6) is 0 Å². The van der Waals surface area contributed by atoms with Crippen molar-refractivity contribution < 1.29 is 13.9 Å². The fraction of sp³-hybridized carbons (Fsp3) is 0.222. The Morgan fingerprint density at radius 1 is 1.43 bits per heavy atom. The van der Waals surface area contributed by atoms with Crippen LogP contribution in [-0.4, -0.2) is 19.2 Å². The normalized spacial score (nSPS) is 9.57. The number of nitrogens with two attached hydrogens (primary N) is 1. The molecule has 0 bridgehead atoms. The summed E-state index contributed by atoms with van der Waals surface area (Å²) in [5.41, 5.74) is 5.62. The van der Waals surface area contributed by atoms with Crippen LogP contribution in [0, 0.1) is 5.82 Å². The van der Waals surface area contributed by atoms with Crippen molar-refractivity contribution in [1.29, 1.82) is 0 Å². The third kappa shape index (κ3) is 3.40. The van der Waals surface area contributed by atoms with E-state index in [-0.39, 0.29) is 19.0 Å². The van der Waals surface area contributed by atoms with Crippen LogP contribution in [0.4, 0.5) is 14.9 Å². The molecular weight excluding hydrogens is 187 g/mol. The van der Waals surface area contributed by atoms with Crippen LogP contribution in [0.15, 0.2) is 24.3 Å². The van der Waals surface area contributed by atoms with Gasteiger partial charge in [-0.2, -0.15) is 0 Å². The lowest BCUT2D eigenvalue weighted by molar-refractivity contribution is 0.165. The highest BCUT2D eigenvalue weighted by Crippen LogP contribution is 2.08. The lowest BCUT2D eigenvalue weighted by Gasteiger charge is -2.05. The number of hydrogen-bond acceptors (Lipinski definition) is 3. The van der Waals surface area contributed by atoms with Crippen molar-refractivity contribution in [3.8, 4) is 0 Å². The zero-order chi connectivity index (χ0) is 10.4. The quantitative estimate of drug-likeness (QED) is 0.770. The molecule has 4 nitrogen and oxygen atoms in total. The number of nitrogens with one attached hydrogen (secondary N) is 1. The molecule has 0 aliphatic heterocycles. The lowest BCUT2D eigenvalue weighted by atomic mass is 10.3. The van der Waals surface area contributed by atoms with Gasteiger partial charge in [0, 0.05) is 12.2 Å². The number of carbonyl (C=O) groups excluding carboxylic acids is 1. The molecule has 0 unspecified atom stereocenters. The molecule has 5 heteroatoms. The first-order chi connectivity index (χ1) is 6.72. The highest BCUT2D eigenvalue weighted by atomic mass is 19.1. The minimum absolute atomic E-state index is 0.160. The molecule has 1 aromatic carbocycles. The second-order valence-electron chi connectivity index (χ2n) is 2.56. The molecule has 0 saturated heterocycles. The van der Waals surface area contributed by atoms with Crippen LogP contribution in [0.2, 0.25) is 0 Å². The number of hydrogen-bond donors (Lipinski definition) is 2. The average Bonchev–Trinajstić information content (AvgIpc) is 2.18. The molecule has 0 atom stereocenters. The maximum absolute atomic E-state index is 12.5. The first-order valence-corrected chi connectivity index (χ1v) is 4.12. The van der Waals surface area contributed by atoms with Gasteiger partial charge in [-0.25, -0.2) is 9.18 Å². The van der Waals surface area contributed by atoms with Crippen molar-refractivity contribution in [2.75, 3.05) is 18.5 Å². The van der Waals surface area contributed by atoms with Gasteiger partial charge in [0.25, 0.3) is 0 Å². The number of ether oxygens (including phenoxy) is 1. The van der Waals surface area contributed by atoms with E-state index in [1.165, 1.54) is 24.3 Å². The first kappa shape index (κ1) is 10.5. The number of carbonyl (C=O) groups is 1. The molecule has 1 rings (SSSR count). The predicted octanol–water partition coefficient (Wildman–Crippen LogP) is 1.33. The van der Waals surface area contributed by atoms with E-state index in [2.05, 4.69) is 10.1 Å². The van der Waals surface area contributed by atoms with E-state index >= 15 is 0 Å². The Morgan fingerprint density at radius 3 is 2.64 bits per heavy atom. The maximum Gasteiger partial charge on any atom is 0.411 e. The van der Waals surface area contributed by atoms with Gasteiger partial charge in [-0.05, 0) is 24.3 Å². The molecule has 14 heavy (non-hydrogen) atoms. The zero-order valence-corrected chi connectivity index (χ0v) is 7.50. The third-order valence-corrected chi connectivity index (χ3v) is 1.44. The van der Waals surface area contributed by atoms with Gasteiger partial charge in [0.1, 0.15) is 12.4 Å². The molecule has 76 valence electrons. The standard InChI is InChI=1S/C9H11FN2O2/c10-7-1-3-8(4-2-7)12-9(13)14-6-5-11/h1-4H,5-6,11H2,(H,12,13). The van der Waals surface area contributed by atoms with E-state index in [4.69, 9.17) is 5.73 Å². The van der Waals surface area contributed by atoms with E-state index in [0.29, 0.717) is 5.69 Å². The maximum atomic E-state index is 12.5. The molecule has 0 saturated carbocycles. The summed E-state index contributed by atoms with van der Waals surface area (Å²) >= 11 is 0. The van der Waals surface area contributed by atoms with Gasteiger partial charge >= 0.3 is 6.09 Å². The Balaban J connectivity index is 2.44. The molecule has 0 aliphatic rings. The molecule has 0 fully saturated rings. The van der Waals surface area contributed by atoms with Crippen LogP contribution in [0.25, 0.3) is 0 Å². The molecule has 1 aromatic rings. The minimum atomic E-state index is -0.595. The van der Waals surface area contributed by atoms with Crippen molar-refractivity contribution in [2.45, 2.75) is 0 Å². The van der Waals surface area contributed by atoms with Crippen molar-refractivity contribution in [3.05, 3.63) is 30.1 Å². The minimum Gasteiger partial charge on any atom is -0.448 e. The molecule has 0 heterocycles. The Hall–Kier alpha value is -1.62. The molecular formula is C9H11FN2O2. The summed E-state index contributed by atoms with van der Waals surface area (Å²) in [6.45, 7) is 0.434. The number of rotatable bonds is 3. The summed E-state index contributed by atoms with van der Waals surface area (Å²) in [5.74, 6) is -0.356. The fourth-order valence-corrected chi connectivity index (χ4v) is 0.839. The Kier molecular flexibility index (Phi) is 3.87. The van der Waals surface area contributed by atoms with E-state index < -0.39 is 6.09 Å². The van der Waals surface area contributed by atoms with Gasteiger partial charge in [0.2, 0.25) is 0 Å². The van der Waals surface area contributed by atoms with E-state index in [0.717, 1.165) is 0 Å². The molecule has 0 aromatic heterocycles. The van der Waals surface area contributed by atoms with Crippen LogP contribution >= 0.6 is 0 Å². The molecule has 0 radical (unpaired) electrons. The second kappa shape index (κ2) is 5.18. The first-order valence-electron chi connectivity index (χ1n) is 4.12. The van der Waals surface area contributed by atoms with Gasteiger partial charge < -0.3 is 10.5 Å². The molecule has 0 spiro atoms. The second-order valence-corrected chi connectivity index (χ2v) is 2.56. The number of halogens is 1. The fourth-order valence-electron chi connectivity index (χ4n) is 0.839. The highest BCUT2D eigenvalue weighted by molar-refractivity contribution is 5.84. The summed E-state index contributed by atoms with van der Waals surface area (Å²) in [6.07, 6.45) is -0.595. The largest absolute Gasteiger partial charge is 0.448 e. The summed E-state index contributed by atoms with van der Waals surface area (Å²) in [7, 11) is 0. The highest BCUT2D eigenvalue weighted by Gasteiger charge is 2.01. The predicted molar refractivity (Wildman–Crippen MR) is 50.4 cm³/mol. The van der Waals surface area contributed by atoms with Gasteiger partial charge in [0.05, 0.1) is 0 Å². The van der Waals surface area contributed by atoms with Gasteiger partial charge in [0.15, 0.2) is 0 Å². The monoisotopic (exact) mass is 198 g/mol. The Labute approximate surface area is 80.9 Å². The average molecular weight is 198 g/mol. The summed E-state index contributed by atoms with van der Waals surface area (Å²) in [4.78, 5) is 11.0. The molecule has 0 aliphatic carbocycles. The zero-order valence-electron chi connectivity index (χ0n) is 7.50. The van der Waals surface area contributed by atoms with Crippen LogP contribution in [-0.2, 0) is 4.74 Å². The van der Waals surface area contributed by atoms with E-state index in [9.17, 15) is 9.18 Å². The summed E-state index contributed by atoms with van der Waals surface area (Å²) < 4.78 is 17.1.